The van der Waals surface area contributed by atoms with Crippen LogP contribution in [0.25, 0.3) is 11.4 Å². The van der Waals surface area contributed by atoms with E-state index in [0.29, 0.717) is 23.7 Å². The number of hydrogen-bond acceptors (Lipinski definition) is 4. The third-order valence-corrected chi connectivity index (χ3v) is 2.63. The Bertz CT molecular complexity index is 632. The fraction of sp³-hybridized carbons (Fsp3) is 0.400. The van der Waals surface area contributed by atoms with E-state index in [0.717, 1.165) is 0 Å². The minimum absolute atomic E-state index is 0.0759. The zero-order chi connectivity index (χ0) is 15.5. The maximum Gasteiger partial charge on any atom is 0.227 e. The minimum Gasteiger partial charge on any atom is -0.351 e. The van der Waals surface area contributed by atoms with Crippen LogP contribution in [0.3, 0.4) is 0 Å². The van der Waals surface area contributed by atoms with E-state index in [1.54, 1.807) is 12.1 Å². The molecule has 0 saturated heterocycles. The molecule has 0 saturated carbocycles. The number of carbonyl (C=O) groups is 1. The summed E-state index contributed by atoms with van der Waals surface area (Å²) in [5.41, 5.74) is 0.280. The SMILES string of the molecule is CC(C)(C)NC(=O)CCc1nc(-c2cccc(F)c2)no1. The van der Waals surface area contributed by atoms with Crippen LogP contribution in [0.15, 0.2) is 28.8 Å². The Labute approximate surface area is 122 Å². The maximum absolute atomic E-state index is 13.1. The monoisotopic (exact) mass is 291 g/mol. The van der Waals surface area contributed by atoms with Crippen LogP contribution in [-0.4, -0.2) is 21.6 Å². The van der Waals surface area contributed by atoms with Crippen LogP contribution >= 0.6 is 0 Å². The van der Waals surface area contributed by atoms with Gasteiger partial charge in [-0.05, 0) is 32.9 Å². The van der Waals surface area contributed by atoms with Gasteiger partial charge in [0.1, 0.15) is 5.82 Å². The summed E-state index contributed by atoms with van der Waals surface area (Å²) < 4.78 is 18.2. The molecule has 5 nitrogen and oxygen atoms in total. The molecule has 0 radical (unpaired) electrons. The lowest BCUT2D eigenvalue weighted by Crippen LogP contribution is -2.40. The summed E-state index contributed by atoms with van der Waals surface area (Å²) in [5.74, 6) is 0.246. The summed E-state index contributed by atoms with van der Waals surface area (Å²) >= 11 is 0. The third kappa shape index (κ3) is 4.66. The van der Waals surface area contributed by atoms with E-state index in [9.17, 15) is 9.18 Å². The average molecular weight is 291 g/mol. The van der Waals surface area contributed by atoms with Gasteiger partial charge in [0.05, 0.1) is 0 Å². The number of nitrogens with zero attached hydrogens (tertiary/aromatic N) is 2. The fourth-order valence-corrected chi connectivity index (χ4v) is 1.80. The van der Waals surface area contributed by atoms with Gasteiger partial charge in [-0.3, -0.25) is 4.79 Å². The van der Waals surface area contributed by atoms with Gasteiger partial charge in [-0.1, -0.05) is 17.3 Å². The second-order valence-electron chi connectivity index (χ2n) is 5.82. The van der Waals surface area contributed by atoms with Crippen LogP contribution in [-0.2, 0) is 11.2 Å². The van der Waals surface area contributed by atoms with Crippen LogP contribution in [0.2, 0.25) is 0 Å². The van der Waals surface area contributed by atoms with Crippen molar-refractivity contribution in [3.05, 3.63) is 36.0 Å². The molecule has 0 unspecified atom stereocenters. The molecular weight excluding hydrogens is 273 g/mol. The number of hydrogen-bond donors (Lipinski definition) is 1. The Hall–Kier alpha value is -2.24. The number of aromatic nitrogens is 2. The number of amides is 1. The second kappa shape index (κ2) is 6.03. The quantitative estimate of drug-likeness (QED) is 0.940. The fourth-order valence-electron chi connectivity index (χ4n) is 1.80. The Balaban J connectivity index is 1.96. The van der Waals surface area contributed by atoms with Gasteiger partial charge in [-0.15, -0.1) is 0 Å². The highest BCUT2D eigenvalue weighted by molar-refractivity contribution is 5.76. The molecule has 112 valence electrons. The van der Waals surface area contributed by atoms with E-state index < -0.39 is 0 Å². The highest BCUT2D eigenvalue weighted by atomic mass is 19.1. The molecule has 2 aromatic rings. The molecule has 1 aromatic heterocycles. The summed E-state index contributed by atoms with van der Waals surface area (Å²) in [6.45, 7) is 5.75. The number of aryl methyl sites for hydroxylation is 1. The Kier molecular flexibility index (Phi) is 4.35. The van der Waals surface area contributed by atoms with E-state index in [2.05, 4.69) is 15.5 Å². The largest absolute Gasteiger partial charge is 0.351 e. The molecule has 0 atom stereocenters. The first-order valence-corrected chi connectivity index (χ1v) is 6.73. The first-order chi connectivity index (χ1) is 9.83. The van der Waals surface area contributed by atoms with Crippen molar-refractivity contribution in [2.75, 3.05) is 0 Å². The first-order valence-electron chi connectivity index (χ1n) is 6.73. The summed E-state index contributed by atoms with van der Waals surface area (Å²) in [6, 6.07) is 5.96. The molecular formula is C15H18FN3O2. The summed E-state index contributed by atoms with van der Waals surface area (Å²) in [6.07, 6.45) is 0.617. The van der Waals surface area contributed by atoms with Gasteiger partial charge in [0.2, 0.25) is 17.6 Å². The number of carbonyl (C=O) groups excluding carboxylic acids is 1. The number of nitrogens with one attached hydrogen (secondary N) is 1. The van der Waals surface area contributed by atoms with Crippen molar-refractivity contribution in [2.45, 2.75) is 39.2 Å². The van der Waals surface area contributed by atoms with Crippen molar-refractivity contribution in [1.29, 1.82) is 0 Å². The Morgan fingerprint density at radius 1 is 1.38 bits per heavy atom. The third-order valence-electron chi connectivity index (χ3n) is 2.63. The molecule has 0 aliphatic carbocycles. The second-order valence-corrected chi connectivity index (χ2v) is 5.82. The van der Waals surface area contributed by atoms with Gasteiger partial charge in [-0.25, -0.2) is 4.39 Å². The smallest absolute Gasteiger partial charge is 0.227 e. The van der Waals surface area contributed by atoms with Gasteiger partial charge >= 0.3 is 0 Å². The van der Waals surface area contributed by atoms with Gasteiger partial charge in [0, 0.05) is 23.9 Å². The number of rotatable bonds is 4. The molecule has 0 bridgehead atoms. The molecule has 0 fully saturated rings. The highest BCUT2D eigenvalue weighted by Gasteiger charge is 2.15. The van der Waals surface area contributed by atoms with Crippen molar-refractivity contribution in [1.82, 2.24) is 15.5 Å². The average Bonchev–Trinajstić information content (AvgIpc) is 2.83. The van der Waals surface area contributed by atoms with E-state index >= 15 is 0 Å². The Morgan fingerprint density at radius 2 is 2.14 bits per heavy atom. The zero-order valence-corrected chi connectivity index (χ0v) is 12.3. The van der Waals surface area contributed by atoms with Crippen molar-refractivity contribution in [3.63, 3.8) is 0 Å². The molecule has 2 rings (SSSR count). The summed E-state index contributed by atoms with van der Waals surface area (Å²) in [4.78, 5) is 15.9. The maximum atomic E-state index is 13.1. The molecule has 1 aromatic carbocycles. The molecule has 21 heavy (non-hydrogen) atoms. The topological polar surface area (TPSA) is 68.0 Å². The van der Waals surface area contributed by atoms with Gasteiger partial charge in [0.25, 0.3) is 0 Å². The molecule has 0 aliphatic heterocycles. The van der Waals surface area contributed by atoms with E-state index in [4.69, 9.17) is 4.52 Å². The van der Waals surface area contributed by atoms with E-state index in [1.807, 2.05) is 20.8 Å². The lowest BCUT2D eigenvalue weighted by molar-refractivity contribution is -0.122. The van der Waals surface area contributed by atoms with Crippen LogP contribution < -0.4 is 5.32 Å². The van der Waals surface area contributed by atoms with Gasteiger partial charge in [0.15, 0.2) is 0 Å². The summed E-state index contributed by atoms with van der Waals surface area (Å²) in [7, 11) is 0. The summed E-state index contributed by atoms with van der Waals surface area (Å²) in [5, 5.41) is 6.65. The van der Waals surface area contributed by atoms with Gasteiger partial charge < -0.3 is 9.84 Å². The molecule has 1 N–H and O–H groups in total. The molecule has 1 amide bonds. The molecule has 0 aliphatic rings. The van der Waals surface area contributed by atoms with Crippen LogP contribution in [0.5, 0.6) is 0 Å². The molecule has 6 heteroatoms. The lowest BCUT2D eigenvalue weighted by atomic mass is 10.1. The van der Waals surface area contributed by atoms with Gasteiger partial charge in [-0.2, -0.15) is 4.98 Å². The lowest BCUT2D eigenvalue weighted by Gasteiger charge is -2.20. The normalized spacial score (nSPS) is 11.4. The standard InChI is InChI=1S/C15H18FN3O2/c1-15(2,3)18-12(20)7-8-13-17-14(19-21-13)10-5-4-6-11(16)9-10/h4-6,9H,7-8H2,1-3H3,(H,18,20). The predicted octanol–water partition coefficient (Wildman–Crippen LogP) is 2.72. The van der Waals surface area contributed by atoms with E-state index in [1.165, 1.54) is 12.1 Å². The van der Waals surface area contributed by atoms with Crippen LogP contribution in [0.1, 0.15) is 33.1 Å². The highest BCUT2D eigenvalue weighted by Crippen LogP contribution is 2.17. The van der Waals surface area contributed by atoms with Crippen molar-refractivity contribution >= 4 is 5.91 Å². The van der Waals surface area contributed by atoms with Crippen LogP contribution in [0, 0.1) is 5.82 Å². The van der Waals surface area contributed by atoms with Crippen molar-refractivity contribution in [2.24, 2.45) is 0 Å². The first kappa shape index (κ1) is 15.2. The van der Waals surface area contributed by atoms with Crippen LogP contribution in [0.4, 0.5) is 4.39 Å². The number of benzene rings is 1. The Morgan fingerprint density at radius 3 is 2.81 bits per heavy atom. The number of halogens is 1. The van der Waals surface area contributed by atoms with Crippen molar-refractivity contribution in [3.8, 4) is 11.4 Å². The molecule has 1 heterocycles. The van der Waals surface area contributed by atoms with E-state index in [-0.39, 0.29) is 23.7 Å². The zero-order valence-electron chi connectivity index (χ0n) is 12.3. The minimum atomic E-state index is -0.358. The predicted molar refractivity (Wildman–Crippen MR) is 75.9 cm³/mol. The van der Waals surface area contributed by atoms with Crippen molar-refractivity contribution < 1.29 is 13.7 Å². The molecule has 0 spiro atoms.